The number of likely N-dealkylation sites (tertiary alicyclic amines) is 1. The number of aromatic nitrogens is 3. The van der Waals surface area contributed by atoms with Gasteiger partial charge in [-0.2, -0.15) is 0 Å². The number of pyridine rings is 1. The number of rotatable bonds is 2. The molecule has 3 aromatic rings. The Labute approximate surface area is 203 Å². The van der Waals surface area contributed by atoms with E-state index in [1.54, 1.807) is 12.4 Å². The number of carbonyl (C=O) groups is 1. The van der Waals surface area contributed by atoms with E-state index in [0.29, 0.717) is 25.6 Å². The van der Waals surface area contributed by atoms with Gasteiger partial charge in [0.25, 0.3) is 11.5 Å². The fraction of sp³-hybridized carbons (Fsp3) is 0.538. The molecule has 2 atom stereocenters. The van der Waals surface area contributed by atoms with Crippen molar-refractivity contribution in [2.75, 3.05) is 31.1 Å². The zero-order valence-corrected chi connectivity index (χ0v) is 20.5. The average molecular weight is 478 g/mol. The Balaban J connectivity index is 1.31. The van der Waals surface area contributed by atoms with Crippen molar-refractivity contribution in [3.8, 4) is 0 Å². The van der Waals surface area contributed by atoms with Crippen molar-refractivity contribution >= 4 is 33.3 Å². The molecule has 178 valence electrons. The number of piperidine rings is 1. The zero-order valence-electron chi connectivity index (χ0n) is 19.7. The molecule has 6 heterocycles. The largest absolute Gasteiger partial charge is 0.356 e. The van der Waals surface area contributed by atoms with Crippen molar-refractivity contribution in [3.05, 3.63) is 51.0 Å². The maximum atomic E-state index is 13.8. The van der Waals surface area contributed by atoms with E-state index in [-0.39, 0.29) is 17.4 Å². The number of hydrogen-bond donors (Lipinski definition) is 0. The van der Waals surface area contributed by atoms with Gasteiger partial charge in [-0.15, -0.1) is 11.3 Å². The number of nitrogens with zero attached hydrogens (tertiary/aromatic N) is 5. The van der Waals surface area contributed by atoms with E-state index in [1.807, 2.05) is 21.6 Å². The van der Waals surface area contributed by atoms with E-state index < -0.39 is 0 Å². The second kappa shape index (κ2) is 8.80. The second-order valence-electron chi connectivity index (χ2n) is 10.1. The van der Waals surface area contributed by atoms with Crippen LogP contribution >= 0.6 is 11.3 Å². The number of anilines is 1. The molecule has 3 aromatic heterocycles. The highest BCUT2D eigenvalue weighted by atomic mass is 32.1. The molecule has 0 unspecified atom stereocenters. The summed E-state index contributed by atoms with van der Waals surface area (Å²) in [6.07, 6.45) is 8.92. The lowest BCUT2D eigenvalue weighted by Gasteiger charge is -2.42. The van der Waals surface area contributed by atoms with Crippen molar-refractivity contribution in [1.29, 1.82) is 0 Å². The lowest BCUT2D eigenvalue weighted by atomic mass is 9.83. The molecule has 0 aliphatic carbocycles. The molecule has 0 aromatic carbocycles. The fourth-order valence-corrected chi connectivity index (χ4v) is 7.27. The first-order valence-electron chi connectivity index (χ1n) is 12.6. The van der Waals surface area contributed by atoms with E-state index >= 15 is 0 Å². The summed E-state index contributed by atoms with van der Waals surface area (Å²) in [6.45, 7) is 6.15. The highest BCUT2D eigenvalue weighted by Crippen LogP contribution is 2.39. The number of hydrogen-bond acceptors (Lipinski definition) is 6. The maximum Gasteiger partial charge on any atom is 0.264 e. The van der Waals surface area contributed by atoms with Crippen molar-refractivity contribution in [3.63, 3.8) is 0 Å². The lowest BCUT2D eigenvalue weighted by Crippen LogP contribution is -2.49. The average Bonchev–Trinajstić information content (AvgIpc) is 3.16. The predicted octanol–water partition coefficient (Wildman–Crippen LogP) is 4.19. The van der Waals surface area contributed by atoms with Crippen LogP contribution in [0, 0.1) is 12.8 Å². The van der Waals surface area contributed by atoms with Crippen LogP contribution in [0.25, 0.3) is 10.2 Å². The van der Waals surface area contributed by atoms with Crippen molar-refractivity contribution in [1.82, 2.24) is 19.4 Å². The summed E-state index contributed by atoms with van der Waals surface area (Å²) in [5, 5.41) is 1.05. The number of fused-ring (bicyclic) bond motifs is 5. The van der Waals surface area contributed by atoms with Gasteiger partial charge < -0.3 is 14.4 Å². The van der Waals surface area contributed by atoms with Gasteiger partial charge in [-0.25, -0.2) is 9.97 Å². The van der Waals surface area contributed by atoms with Crippen LogP contribution in [0.5, 0.6) is 0 Å². The van der Waals surface area contributed by atoms with Gasteiger partial charge in [0.15, 0.2) is 0 Å². The van der Waals surface area contributed by atoms with Crippen molar-refractivity contribution < 1.29 is 4.79 Å². The van der Waals surface area contributed by atoms with Gasteiger partial charge in [-0.05, 0) is 43.7 Å². The minimum Gasteiger partial charge on any atom is -0.356 e. The highest BCUT2D eigenvalue weighted by Gasteiger charge is 2.37. The van der Waals surface area contributed by atoms with Crippen molar-refractivity contribution in [2.24, 2.45) is 5.92 Å². The molecule has 0 saturated carbocycles. The van der Waals surface area contributed by atoms with Gasteiger partial charge in [-0.1, -0.05) is 25.3 Å². The Morgan fingerprint density at radius 2 is 1.82 bits per heavy atom. The maximum absolute atomic E-state index is 13.8. The van der Waals surface area contributed by atoms with Crippen LogP contribution in [-0.4, -0.2) is 51.5 Å². The molecule has 2 saturated heterocycles. The fourth-order valence-electron chi connectivity index (χ4n) is 6.16. The molecule has 3 aliphatic heterocycles. The van der Waals surface area contributed by atoms with Gasteiger partial charge in [0.1, 0.15) is 17.0 Å². The summed E-state index contributed by atoms with van der Waals surface area (Å²) in [4.78, 5) is 41.5. The molecular weight excluding hydrogens is 446 g/mol. The van der Waals surface area contributed by atoms with Crippen molar-refractivity contribution in [2.45, 2.75) is 57.9 Å². The molecule has 1 amide bonds. The van der Waals surface area contributed by atoms with E-state index in [9.17, 15) is 9.59 Å². The monoisotopic (exact) mass is 477 g/mol. The molecule has 2 bridgehead atoms. The number of carbonyl (C=O) groups excluding carboxylic acids is 1. The Bertz CT molecular complexity index is 1290. The molecule has 2 fully saturated rings. The first-order valence-corrected chi connectivity index (χ1v) is 13.4. The third-order valence-electron chi connectivity index (χ3n) is 7.82. The lowest BCUT2D eigenvalue weighted by molar-refractivity contribution is 0.0599. The summed E-state index contributed by atoms with van der Waals surface area (Å²) >= 11 is 1.51. The van der Waals surface area contributed by atoms with Crippen LogP contribution in [0.2, 0.25) is 0 Å². The molecule has 0 N–H and O–H groups in total. The minimum absolute atomic E-state index is 0.0719. The molecule has 0 spiro atoms. The Kier molecular flexibility index (Phi) is 5.63. The number of thiophene rings is 1. The first kappa shape index (κ1) is 21.8. The Hall–Kier alpha value is -2.74. The third-order valence-corrected chi connectivity index (χ3v) is 9.01. The second-order valence-corrected chi connectivity index (χ2v) is 11.1. The summed E-state index contributed by atoms with van der Waals surface area (Å²) in [5.41, 5.74) is 2.15. The van der Waals surface area contributed by atoms with E-state index in [2.05, 4.69) is 16.8 Å². The first-order chi connectivity index (χ1) is 16.6. The molecule has 8 heteroatoms. The predicted molar refractivity (Wildman–Crippen MR) is 135 cm³/mol. The van der Waals surface area contributed by atoms with Crippen LogP contribution in [0.4, 0.5) is 5.82 Å². The normalized spacial score (nSPS) is 22.9. The quantitative estimate of drug-likeness (QED) is 0.553. The number of aryl methyl sites for hydroxylation is 1. The standard InChI is InChI=1S/C26H31N5O2S/c1-17-22-24(29-10-5-3-2-4-6-11-29)27-16-28-25(22)34-23(17)26(33)30-13-18-12-19(15-30)20-8-7-9-21(32)31(20)14-18/h7-9,16,18-19H,2-6,10-15H2,1H3/t18-,19+/m1/s1. The van der Waals surface area contributed by atoms with E-state index in [0.717, 1.165) is 51.7 Å². The zero-order chi connectivity index (χ0) is 23.2. The summed E-state index contributed by atoms with van der Waals surface area (Å²) in [7, 11) is 0. The summed E-state index contributed by atoms with van der Waals surface area (Å²) in [6, 6.07) is 5.53. The van der Waals surface area contributed by atoms with Crippen LogP contribution in [0.15, 0.2) is 29.3 Å². The van der Waals surface area contributed by atoms with E-state index in [1.165, 1.54) is 43.4 Å². The van der Waals surface area contributed by atoms with E-state index in [4.69, 9.17) is 4.98 Å². The molecule has 3 aliphatic rings. The van der Waals surface area contributed by atoms with Crippen LogP contribution in [0.3, 0.4) is 0 Å². The van der Waals surface area contributed by atoms with Crippen LogP contribution in [-0.2, 0) is 6.54 Å². The topological polar surface area (TPSA) is 71.3 Å². The van der Waals surface area contributed by atoms with Gasteiger partial charge in [0, 0.05) is 50.4 Å². The van der Waals surface area contributed by atoms with Crippen LogP contribution in [0.1, 0.15) is 65.4 Å². The third kappa shape index (κ3) is 3.72. The molecule has 0 radical (unpaired) electrons. The van der Waals surface area contributed by atoms with Gasteiger partial charge >= 0.3 is 0 Å². The Morgan fingerprint density at radius 3 is 2.65 bits per heavy atom. The highest BCUT2D eigenvalue weighted by molar-refractivity contribution is 7.20. The molecule has 34 heavy (non-hydrogen) atoms. The van der Waals surface area contributed by atoms with Gasteiger partial charge in [-0.3, -0.25) is 9.59 Å². The summed E-state index contributed by atoms with van der Waals surface area (Å²) in [5.74, 6) is 1.63. The Morgan fingerprint density at radius 1 is 1.03 bits per heavy atom. The SMILES string of the molecule is Cc1c(C(=O)N2C[C@H]3C[C@@H](C2)c2cccc(=O)n2C3)sc2ncnc(N3CCCCCCC3)c12. The minimum atomic E-state index is 0.0719. The molecule has 6 rings (SSSR count). The summed E-state index contributed by atoms with van der Waals surface area (Å²) < 4.78 is 1.91. The van der Waals surface area contributed by atoms with Gasteiger partial charge in [0.05, 0.1) is 10.3 Å². The smallest absolute Gasteiger partial charge is 0.264 e. The molecule has 7 nitrogen and oxygen atoms in total. The number of amides is 1. The molecular formula is C26H31N5O2S. The van der Waals surface area contributed by atoms with Gasteiger partial charge in [0.2, 0.25) is 0 Å². The van der Waals surface area contributed by atoms with Crippen LogP contribution < -0.4 is 10.5 Å².